The highest BCUT2D eigenvalue weighted by atomic mass is 14.8. The molecule has 0 bridgehead atoms. The molecule has 0 aromatic carbocycles. The molecule has 0 aromatic heterocycles. The number of allylic oxidation sites excluding steroid dienone is 1. The van der Waals surface area contributed by atoms with Gasteiger partial charge in [0.15, 0.2) is 0 Å². The third-order valence-corrected chi connectivity index (χ3v) is 0.964. The molecule has 2 nitrogen and oxygen atoms in total. The molecule has 0 saturated carbocycles. The molecular formula is C7H14N2. The molecule has 0 rings (SSSR count). The monoisotopic (exact) mass is 126 g/mol. The molecule has 0 spiro atoms. The van der Waals surface area contributed by atoms with Gasteiger partial charge in [-0.25, -0.2) is 4.99 Å². The van der Waals surface area contributed by atoms with Crippen LogP contribution in [0.15, 0.2) is 17.3 Å². The predicted octanol–water partition coefficient (Wildman–Crippen LogP) is 1.53. The molecule has 0 amide bonds. The fourth-order valence-corrected chi connectivity index (χ4v) is 0.310. The molecular weight excluding hydrogens is 112 g/mol. The van der Waals surface area contributed by atoms with E-state index < -0.39 is 0 Å². The van der Waals surface area contributed by atoms with Gasteiger partial charge in [-0.3, -0.25) is 0 Å². The molecule has 52 valence electrons. The molecule has 0 aliphatic carbocycles. The molecule has 0 radical (unpaired) electrons. The average Bonchev–Trinajstić information content (AvgIpc) is 1.82. The Bertz CT molecular complexity index is 123. The molecule has 0 saturated heterocycles. The van der Waals surface area contributed by atoms with Gasteiger partial charge >= 0.3 is 0 Å². The number of rotatable bonds is 2. The van der Waals surface area contributed by atoms with E-state index in [4.69, 9.17) is 5.73 Å². The van der Waals surface area contributed by atoms with E-state index in [0.29, 0.717) is 11.8 Å². The van der Waals surface area contributed by atoms with E-state index in [-0.39, 0.29) is 0 Å². The summed E-state index contributed by atoms with van der Waals surface area (Å²) in [6, 6.07) is 0. The van der Waals surface area contributed by atoms with Crippen LogP contribution in [0, 0.1) is 5.92 Å². The van der Waals surface area contributed by atoms with Crippen molar-refractivity contribution in [2.75, 3.05) is 0 Å². The maximum atomic E-state index is 5.50. The first-order valence-electron chi connectivity index (χ1n) is 3.12. The van der Waals surface area contributed by atoms with Crippen LogP contribution in [-0.4, -0.2) is 5.84 Å². The van der Waals surface area contributed by atoms with Crippen molar-refractivity contribution in [3.63, 3.8) is 0 Å². The highest BCUT2D eigenvalue weighted by molar-refractivity contribution is 5.82. The Hall–Kier alpha value is -0.790. The minimum Gasteiger partial charge on any atom is -0.387 e. The largest absolute Gasteiger partial charge is 0.387 e. The van der Waals surface area contributed by atoms with Crippen LogP contribution in [0.1, 0.15) is 20.8 Å². The first kappa shape index (κ1) is 8.21. The quantitative estimate of drug-likeness (QED) is 0.442. The zero-order valence-electron chi connectivity index (χ0n) is 6.26. The summed E-state index contributed by atoms with van der Waals surface area (Å²) >= 11 is 0. The summed E-state index contributed by atoms with van der Waals surface area (Å²) in [4.78, 5) is 3.96. The molecule has 0 atom stereocenters. The fourth-order valence-electron chi connectivity index (χ4n) is 0.310. The molecule has 2 heteroatoms. The van der Waals surface area contributed by atoms with Crippen molar-refractivity contribution in [3.8, 4) is 0 Å². The zero-order chi connectivity index (χ0) is 7.28. The van der Waals surface area contributed by atoms with Crippen LogP contribution in [0.2, 0.25) is 0 Å². The van der Waals surface area contributed by atoms with E-state index in [0.717, 1.165) is 0 Å². The van der Waals surface area contributed by atoms with Gasteiger partial charge in [0.1, 0.15) is 5.84 Å². The van der Waals surface area contributed by atoms with E-state index in [1.54, 1.807) is 6.20 Å². The lowest BCUT2D eigenvalue weighted by atomic mass is 10.2. The first-order valence-corrected chi connectivity index (χ1v) is 3.12. The Kier molecular flexibility index (Phi) is 3.76. The van der Waals surface area contributed by atoms with Crippen molar-refractivity contribution < 1.29 is 0 Å². The molecule has 0 aliphatic rings. The minimum atomic E-state index is 0.348. The topological polar surface area (TPSA) is 38.4 Å². The summed E-state index contributed by atoms with van der Waals surface area (Å²) in [5.74, 6) is 1.04. The fraction of sp³-hybridized carbons (Fsp3) is 0.571. The highest BCUT2D eigenvalue weighted by Crippen LogP contribution is 1.90. The number of nitrogens with zero attached hydrogens (tertiary/aromatic N) is 1. The van der Waals surface area contributed by atoms with Gasteiger partial charge in [-0.15, -0.1) is 0 Å². The highest BCUT2D eigenvalue weighted by Gasteiger charge is 1.94. The zero-order valence-corrected chi connectivity index (χ0v) is 6.26. The predicted molar refractivity (Wildman–Crippen MR) is 41.3 cm³/mol. The van der Waals surface area contributed by atoms with E-state index in [2.05, 4.69) is 4.99 Å². The second kappa shape index (κ2) is 4.13. The SMILES string of the molecule is CC=CN=C(N)C(C)C. The standard InChI is InChI=1S/C7H14N2/c1-4-5-9-7(8)6(2)3/h4-6H,1-3H3,(H2,8,9). The van der Waals surface area contributed by atoms with Crippen LogP contribution < -0.4 is 5.73 Å². The number of aliphatic imine (C=N–C) groups is 1. The normalized spacial score (nSPS) is 13.6. The summed E-state index contributed by atoms with van der Waals surface area (Å²) in [5.41, 5.74) is 5.50. The Labute approximate surface area is 56.5 Å². The van der Waals surface area contributed by atoms with E-state index in [1.807, 2.05) is 26.8 Å². The molecule has 0 unspecified atom stereocenters. The van der Waals surface area contributed by atoms with Crippen molar-refractivity contribution in [2.24, 2.45) is 16.6 Å². The summed E-state index contributed by atoms with van der Waals surface area (Å²) in [6.45, 7) is 5.95. The second-order valence-electron chi connectivity index (χ2n) is 2.19. The van der Waals surface area contributed by atoms with E-state index >= 15 is 0 Å². The first-order chi connectivity index (χ1) is 4.18. The molecule has 2 N–H and O–H groups in total. The smallest absolute Gasteiger partial charge is 0.101 e. The van der Waals surface area contributed by atoms with Crippen LogP contribution >= 0.6 is 0 Å². The number of nitrogens with two attached hydrogens (primary N) is 1. The summed E-state index contributed by atoms with van der Waals surface area (Å²) in [5, 5.41) is 0. The lowest BCUT2D eigenvalue weighted by molar-refractivity contribution is 0.872. The van der Waals surface area contributed by atoms with E-state index in [1.165, 1.54) is 0 Å². The van der Waals surface area contributed by atoms with Gasteiger partial charge in [0.25, 0.3) is 0 Å². The third-order valence-electron chi connectivity index (χ3n) is 0.964. The van der Waals surface area contributed by atoms with Crippen molar-refractivity contribution in [2.45, 2.75) is 20.8 Å². The van der Waals surface area contributed by atoms with Gasteiger partial charge < -0.3 is 5.73 Å². The van der Waals surface area contributed by atoms with Crippen molar-refractivity contribution in [1.82, 2.24) is 0 Å². The van der Waals surface area contributed by atoms with Crippen molar-refractivity contribution >= 4 is 5.84 Å². The van der Waals surface area contributed by atoms with Crippen molar-refractivity contribution in [1.29, 1.82) is 0 Å². The number of hydrogen-bond acceptors (Lipinski definition) is 1. The third kappa shape index (κ3) is 3.76. The van der Waals surface area contributed by atoms with Crippen LogP contribution in [0.4, 0.5) is 0 Å². The van der Waals surface area contributed by atoms with Crippen LogP contribution in [0.3, 0.4) is 0 Å². The summed E-state index contributed by atoms with van der Waals surface area (Å²) in [6.07, 6.45) is 3.56. The Morgan fingerprint density at radius 2 is 2.11 bits per heavy atom. The Balaban J connectivity index is 3.84. The van der Waals surface area contributed by atoms with Gasteiger partial charge in [0, 0.05) is 12.1 Å². The van der Waals surface area contributed by atoms with Crippen LogP contribution in [-0.2, 0) is 0 Å². The molecule has 0 aromatic rings. The van der Waals surface area contributed by atoms with Crippen LogP contribution in [0.25, 0.3) is 0 Å². The second-order valence-corrected chi connectivity index (χ2v) is 2.19. The number of amidine groups is 1. The van der Waals surface area contributed by atoms with Gasteiger partial charge in [-0.2, -0.15) is 0 Å². The maximum absolute atomic E-state index is 5.50. The molecule has 0 heterocycles. The van der Waals surface area contributed by atoms with Gasteiger partial charge in [-0.05, 0) is 6.92 Å². The molecule has 0 aliphatic heterocycles. The number of hydrogen-bond donors (Lipinski definition) is 1. The maximum Gasteiger partial charge on any atom is 0.101 e. The van der Waals surface area contributed by atoms with Gasteiger partial charge in [0.2, 0.25) is 0 Å². The molecule has 9 heavy (non-hydrogen) atoms. The summed E-state index contributed by atoms with van der Waals surface area (Å²) < 4.78 is 0. The molecule has 0 fully saturated rings. The van der Waals surface area contributed by atoms with Gasteiger partial charge in [0.05, 0.1) is 0 Å². The average molecular weight is 126 g/mol. The van der Waals surface area contributed by atoms with Crippen LogP contribution in [0.5, 0.6) is 0 Å². The summed E-state index contributed by atoms with van der Waals surface area (Å²) in [7, 11) is 0. The van der Waals surface area contributed by atoms with Crippen molar-refractivity contribution in [3.05, 3.63) is 12.3 Å². The van der Waals surface area contributed by atoms with Gasteiger partial charge in [-0.1, -0.05) is 19.9 Å². The Morgan fingerprint density at radius 1 is 1.56 bits per heavy atom. The lowest BCUT2D eigenvalue weighted by Gasteiger charge is -1.99. The van der Waals surface area contributed by atoms with E-state index in [9.17, 15) is 0 Å². The Morgan fingerprint density at radius 3 is 2.44 bits per heavy atom. The lowest BCUT2D eigenvalue weighted by Crippen LogP contribution is -2.17. The minimum absolute atomic E-state index is 0.348.